The van der Waals surface area contributed by atoms with Gasteiger partial charge in [0.25, 0.3) is 5.91 Å². The van der Waals surface area contributed by atoms with E-state index in [2.05, 4.69) is 36.8 Å². The molecule has 104 valence electrons. The van der Waals surface area contributed by atoms with Gasteiger partial charge < -0.3 is 10.6 Å². The van der Waals surface area contributed by atoms with Crippen molar-refractivity contribution in [3.8, 4) is 11.3 Å². The number of nitrogens with zero attached hydrogens (tertiary/aromatic N) is 1. The summed E-state index contributed by atoms with van der Waals surface area (Å²) in [6, 6.07) is 9.60. The minimum absolute atomic E-state index is 0.104. The van der Waals surface area contributed by atoms with Crippen LogP contribution < -0.4 is 10.6 Å². The van der Waals surface area contributed by atoms with Crippen LogP contribution in [0.1, 0.15) is 10.5 Å². The maximum Gasteiger partial charge on any atom is 0.269 e. The molecule has 0 spiro atoms. The van der Waals surface area contributed by atoms with Gasteiger partial charge in [0.05, 0.1) is 5.69 Å². The highest BCUT2D eigenvalue weighted by atomic mass is 79.9. The lowest BCUT2D eigenvalue weighted by Crippen LogP contribution is -2.48. The molecule has 0 aliphatic carbocycles. The summed E-state index contributed by atoms with van der Waals surface area (Å²) in [5.41, 5.74) is 2.25. The number of H-pyrrole nitrogens is 1. The second kappa shape index (κ2) is 5.76. The van der Waals surface area contributed by atoms with E-state index in [1.165, 1.54) is 0 Å². The topological polar surface area (TPSA) is 69.8 Å². The van der Waals surface area contributed by atoms with Crippen LogP contribution in [0, 0.1) is 5.92 Å². The van der Waals surface area contributed by atoms with Gasteiger partial charge in [-0.3, -0.25) is 9.89 Å². The average molecular weight is 335 g/mol. The van der Waals surface area contributed by atoms with Crippen LogP contribution in [-0.2, 0) is 0 Å². The Morgan fingerprint density at radius 1 is 1.35 bits per heavy atom. The molecular weight excluding hydrogens is 320 g/mol. The van der Waals surface area contributed by atoms with Crippen molar-refractivity contribution in [2.24, 2.45) is 5.92 Å². The highest BCUT2D eigenvalue weighted by molar-refractivity contribution is 9.10. The molecule has 0 atom stereocenters. The van der Waals surface area contributed by atoms with E-state index in [0.29, 0.717) is 18.2 Å². The molecule has 2 heterocycles. The zero-order valence-electron chi connectivity index (χ0n) is 10.8. The van der Waals surface area contributed by atoms with Gasteiger partial charge in [-0.1, -0.05) is 28.1 Å². The predicted octanol–water partition coefficient (Wildman–Crippen LogP) is 1.79. The Morgan fingerprint density at radius 3 is 2.75 bits per heavy atom. The summed E-state index contributed by atoms with van der Waals surface area (Å²) < 4.78 is 1.02. The Balaban J connectivity index is 1.66. The van der Waals surface area contributed by atoms with Gasteiger partial charge in [0.15, 0.2) is 0 Å². The SMILES string of the molecule is O=C(NCC1CNC1)c1cc(-c2ccc(Br)cc2)n[nH]1. The van der Waals surface area contributed by atoms with Crippen LogP contribution in [0.2, 0.25) is 0 Å². The number of rotatable bonds is 4. The fourth-order valence-electron chi connectivity index (χ4n) is 2.03. The molecule has 1 aromatic carbocycles. The molecule has 5 nitrogen and oxygen atoms in total. The van der Waals surface area contributed by atoms with Crippen LogP contribution in [-0.4, -0.2) is 35.7 Å². The van der Waals surface area contributed by atoms with Gasteiger partial charge in [-0.15, -0.1) is 0 Å². The van der Waals surface area contributed by atoms with E-state index < -0.39 is 0 Å². The van der Waals surface area contributed by atoms with Crippen molar-refractivity contribution in [3.05, 3.63) is 40.5 Å². The third kappa shape index (κ3) is 2.91. The van der Waals surface area contributed by atoms with Crippen molar-refractivity contribution in [1.82, 2.24) is 20.8 Å². The van der Waals surface area contributed by atoms with Crippen LogP contribution in [0.15, 0.2) is 34.8 Å². The first-order valence-corrected chi connectivity index (χ1v) is 7.32. The fourth-order valence-corrected chi connectivity index (χ4v) is 2.30. The first kappa shape index (κ1) is 13.3. The molecule has 3 rings (SSSR count). The monoisotopic (exact) mass is 334 g/mol. The molecule has 1 amide bonds. The number of halogens is 1. The summed E-state index contributed by atoms with van der Waals surface area (Å²) in [5, 5.41) is 13.1. The molecular formula is C14H15BrN4O. The molecule has 0 saturated carbocycles. The number of aromatic amines is 1. The molecule has 0 radical (unpaired) electrons. The first-order valence-electron chi connectivity index (χ1n) is 6.52. The molecule has 0 unspecified atom stereocenters. The largest absolute Gasteiger partial charge is 0.350 e. The maximum absolute atomic E-state index is 12.0. The third-order valence-corrected chi connectivity index (χ3v) is 3.91. The highest BCUT2D eigenvalue weighted by Gasteiger charge is 2.18. The Morgan fingerprint density at radius 2 is 2.10 bits per heavy atom. The summed E-state index contributed by atoms with van der Waals surface area (Å²) in [4.78, 5) is 12.0. The van der Waals surface area contributed by atoms with Crippen molar-refractivity contribution < 1.29 is 4.79 Å². The standard InChI is InChI=1S/C14H15BrN4O/c15-11-3-1-10(2-4-11)12-5-13(19-18-12)14(20)17-8-9-6-16-7-9/h1-5,9,16H,6-8H2,(H,17,20)(H,18,19). The lowest BCUT2D eigenvalue weighted by atomic mass is 10.0. The average Bonchev–Trinajstić information content (AvgIpc) is 2.87. The molecule has 3 N–H and O–H groups in total. The Hall–Kier alpha value is -1.66. The first-order chi connectivity index (χ1) is 9.72. The molecule has 2 aromatic rings. The Labute approximate surface area is 125 Å². The predicted molar refractivity (Wildman–Crippen MR) is 80.4 cm³/mol. The number of hydrogen-bond acceptors (Lipinski definition) is 3. The summed E-state index contributed by atoms with van der Waals surface area (Å²) in [6.45, 7) is 2.67. The van der Waals surface area contributed by atoms with Gasteiger partial charge in [0, 0.05) is 35.6 Å². The van der Waals surface area contributed by atoms with Crippen molar-refractivity contribution in [3.63, 3.8) is 0 Å². The van der Waals surface area contributed by atoms with Gasteiger partial charge in [-0.05, 0) is 18.2 Å². The molecule has 0 bridgehead atoms. The summed E-state index contributed by atoms with van der Waals surface area (Å²) >= 11 is 3.40. The van der Waals surface area contributed by atoms with E-state index in [1.54, 1.807) is 6.07 Å². The number of carbonyl (C=O) groups excluding carboxylic acids is 1. The Kier molecular flexibility index (Phi) is 3.84. The number of amides is 1. The number of aromatic nitrogens is 2. The molecule has 20 heavy (non-hydrogen) atoms. The second-order valence-corrected chi connectivity index (χ2v) is 5.82. The molecule has 1 aliphatic heterocycles. The smallest absolute Gasteiger partial charge is 0.269 e. The van der Waals surface area contributed by atoms with Crippen molar-refractivity contribution >= 4 is 21.8 Å². The van der Waals surface area contributed by atoms with E-state index >= 15 is 0 Å². The van der Waals surface area contributed by atoms with Crippen LogP contribution in [0.4, 0.5) is 0 Å². The summed E-state index contributed by atoms with van der Waals surface area (Å²) in [7, 11) is 0. The van der Waals surface area contributed by atoms with E-state index in [4.69, 9.17) is 0 Å². The minimum atomic E-state index is -0.104. The van der Waals surface area contributed by atoms with E-state index in [0.717, 1.165) is 28.8 Å². The minimum Gasteiger partial charge on any atom is -0.350 e. The molecule has 6 heteroatoms. The van der Waals surface area contributed by atoms with Gasteiger partial charge >= 0.3 is 0 Å². The van der Waals surface area contributed by atoms with Crippen molar-refractivity contribution in [2.45, 2.75) is 0 Å². The van der Waals surface area contributed by atoms with Crippen LogP contribution in [0.25, 0.3) is 11.3 Å². The lowest BCUT2D eigenvalue weighted by Gasteiger charge is -2.26. The van der Waals surface area contributed by atoms with Gasteiger partial charge in [0.1, 0.15) is 5.69 Å². The van der Waals surface area contributed by atoms with E-state index in [-0.39, 0.29) is 5.91 Å². The molecule has 1 aliphatic rings. The van der Waals surface area contributed by atoms with Crippen LogP contribution in [0.3, 0.4) is 0 Å². The third-order valence-electron chi connectivity index (χ3n) is 3.38. The zero-order chi connectivity index (χ0) is 13.9. The zero-order valence-corrected chi connectivity index (χ0v) is 12.4. The number of nitrogens with one attached hydrogen (secondary N) is 3. The lowest BCUT2D eigenvalue weighted by molar-refractivity contribution is 0.0937. The number of hydrogen-bond donors (Lipinski definition) is 3. The Bertz CT molecular complexity index is 604. The summed E-state index contributed by atoms with van der Waals surface area (Å²) in [5.74, 6) is 0.445. The number of benzene rings is 1. The van der Waals surface area contributed by atoms with E-state index in [1.807, 2.05) is 24.3 Å². The maximum atomic E-state index is 12.0. The molecule has 1 aromatic heterocycles. The highest BCUT2D eigenvalue weighted by Crippen LogP contribution is 2.20. The fraction of sp³-hybridized carbons (Fsp3) is 0.286. The van der Waals surface area contributed by atoms with Gasteiger partial charge in [-0.25, -0.2) is 0 Å². The summed E-state index contributed by atoms with van der Waals surface area (Å²) in [6.07, 6.45) is 0. The quantitative estimate of drug-likeness (QED) is 0.798. The van der Waals surface area contributed by atoms with Crippen molar-refractivity contribution in [1.29, 1.82) is 0 Å². The van der Waals surface area contributed by atoms with Gasteiger partial charge in [0.2, 0.25) is 0 Å². The number of carbonyl (C=O) groups is 1. The second-order valence-electron chi connectivity index (χ2n) is 4.91. The van der Waals surface area contributed by atoms with Gasteiger partial charge in [-0.2, -0.15) is 5.10 Å². The van der Waals surface area contributed by atoms with Crippen LogP contribution >= 0.6 is 15.9 Å². The molecule has 1 saturated heterocycles. The normalized spacial score (nSPS) is 14.8. The molecule has 1 fully saturated rings. The van der Waals surface area contributed by atoms with Crippen molar-refractivity contribution in [2.75, 3.05) is 19.6 Å². The van der Waals surface area contributed by atoms with Crippen LogP contribution in [0.5, 0.6) is 0 Å². The van der Waals surface area contributed by atoms with E-state index in [9.17, 15) is 4.79 Å².